The summed E-state index contributed by atoms with van der Waals surface area (Å²) in [5.41, 5.74) is 6.49. The van der Waals surface area contributed by atoms with Crippen molar-refractivity contribution < 1.29 is 33.4 Å². The number of amides is 4. The van der Waals surface area contributed by atoms with E-state index in [9.17, 15) is 19.2 Å². The molecule has 2 aliphatic rings. The van der Waals surface area contributed by atoms with E-state index in [2.05, 4.69) is 25.6 Å². The number of hydrogen-bond donors (Lipinski definition) is 4. The van der Waals surface area contributed by atoms with Crippen molar-refractivity contribution in [3.05, 3.63) is 72.7 Å². The number of methoxy groups -OCH3 is 3. The summed E-state index contributed by atoms with van der Waals surface area (Å²) < 4.78 is 14.6. The quantitative estimate of drug-likeness (QED) is 0.130. The first-order valence-electron chi connectivity index (χ1n) is 19.3. The van der Waals surface area contributed by atoms with Gasteiger partial charge in [-0.25, -0.2) is 19.6 Å². The number of H-pyrrole nitrogens is 2. The van der Waals surface area contributed by atoms with Gasteiger partial charge in [0.2, 0.25) is 11.8 Å². The van der Waals surface area contributed by atoms with Crippen LogP contribution < -0.4 is 10.6 Å². The Kier molecular flexibility index (Phi) is 12.0. The summed E-state index contributed by atoms with van der Waals surface area (Å²) >= 11 is 0. The Labute approximate surface area is 335 Å². The fraction of sp³-hybridized carbons (Fsp3) is 0.415. The number of nitrogens with one attached hydrogen (secondary N) is 4. The van der Waals surface area contributed by atoms with Gasteiger partial charge >= 0.3 is 12.2 Å². The summed E-state index contributed by atoms with van der Waals surface area (Å²) in [5, 5.41) is 5.26. The van der Waals surface area contributed by atoms with E-state index in [-0.39, 0.29) is 36.4 Å². The van der Waals surface area contributed by atoms with Crippen molar-refractivity contribution in [3.8, 4) is 33.8 Å². The zero-order valence-corrected chi connectivity index (χ0v) is 33.2. The van der Waals surface area contributed by atoms with E-state index in [0.29, 0.717) is 36.1 Å². The van der Waals surface area contributed by atoms with Crippen LogP contribution in [-0.2, 0) is 23.8 Å². The number of hydrogen-bond acceptors (Lipinski definition) is 11. The van der Waals surface area contributed by atoms with E-state index in [4.69, 9.17) is 29.2 Å². The Morgan fingerprint density at radius 1 is 0.741 bits per heavy atom. The molecule has 17 nitrogen and oxygen atoms in total. The third-order valence-electron chi connectivity index (χ3n) is 10.7. The van der Waals surface area contributed by atoms with Crippen molar-refractivity contribution in [2.24, 2.45) is 5.92 Å². The molecule has 2 aromatic carbocycles. The van der Waals surface area contributed by atoms with Crippen LogP contribution in [0.25, 0.3) is 44.8 Å². The lowest BCUT2D eigenvalue weighted by atomic mass is 10.0. The molecule has 4 N–H and O–H groups in total. The lowest BCUT2D eigenvalue weighted by Gasteiger charge is -2.29. The Bertz CT molecular complexity index is 2250. The molecule has 7 rings (SSSR count). The lowest BCUT2D eigenvalue weighted by Crippen LogP contribution is -2.51. The minimum Gasteiger partial charge on any atom is -0.453 e. The highest BCUT2D eigenvalue weighted by Crippen LogP contribution is 2.35. The maximum atomic E-state index is 13.6. The molecule has 0 bridgehead atoms. The maximum Gasteiger partial charge on any atom is 0.407 e. The zero-order chi connectivity index (χ0) is 40.9. The minimum absolute atomic E-state index is 0.0209. The highest BCUT2D eigenvalue weighted by molar-refractivity contribution is 5.87. The number of aromatic nitrogens is 6. The van der Waals surface area contributed by atoms with Crippen LogP contribution >= 0.6 is 0 Å². The number of alkyl carbamates (subject to hydrolysis) is 2. The summed E-state index contributed by atoms with van der Waals surface area (Å²) in [6, 6.07) is 11.7. The van der Waals surface area contributed by atoms with Crippen molar-refractivity contribution in [1.82, 2.24) is 50.3 Å². The summed E-state index contributed by atoms with van der Waals surface area (Å²) in [6.45, 7) is 4.92. The summed E-state index contributed by atoms with van der Waals surface area (Å²) in [5.74, 6) is 0.839. The molecule has 4 atom stereocenters. The molecule has 0 aliphatic carbocycles. The second kappa shape index (κ2) is 17.4. The Morgan fingerprint density at radius 3 is 1.98 bits per heavy atom. The van der Waals surface area contributed by atoms with Gasteiger partial charge in [-0.1, -0.05) is 44.2 Å². The van der Waals surface area contributed by atoms with Crippen LogP contribution in [-0.4, -0.2) is 117 Å². The maximum absolute atomic E-state index is 13.6. The third-order valence-corrected chi connectivity index (χ3v) is 10.7. The van der Waals surface area contributed by atoms with Gasteiger partial charge in [0.15, 0.2) is 0 Å². The van der Waals surface area contributed by atoms with E-state index in [1.54, 1.807) is 28.4 Å². The minimum atomic E-state index is -0.873. The van der Waals surface area contributed by atoms with Crippen LogP contribution in [0.5, 0.6) is 0 Å². The van der Waals surface area contributed by atoms with E-state index in [1.807, 2.05) is 56.3 Å². The van der Waals surface area contributed by atoms with Gasteiger partial charge in [0, 0.05) is 31.3 Å². The fourth-order valence-electron chi connectivity index (χ4n) is 7.70. The van der Waals surface area contributed by atoms with Gasteiger partial charge in [0.05, 0.1) is 79.6 Å². The third kappa shape index (κ3) is 8.34. The van der Waals surface area contributed by atoms with E-state index >= 15 is 0 Å². The van der Waals surface area contributed by atoms with Gasteiger partial charge in [-0.3, -0.25) is 19.6 Å². The van der Waals surface area contributed by atoms with Crippen molar-refractivity contribution in [1.29, 1.82) is 0 Å². The number of fused-ring (bicyclic) bond motifs is 1. The Balaban J connectivity index is 1.01. The van der Waals surface area contributed by atoms with Crippen LogP contribution in [0.4, 0.5) is 9.59 Å². The average Bonchev–Trinajstić information content (AvgIpc) is 4.08. The molecule has 5 aromatic rings. The summed E-state index contributed by atoms with van der Waals surface area (Å²) in [4.78, 5) is 80.1. The molecule has 5 heterocycles. The number of likely N-dealkylation sites (tertiary alicyclic amines) is 2. The number of benzene rings is 2. The second-order valence-electron chi connectivity index (χ2n) is 14.8. The molecule has 2 saturated heterocycles. The van der Waals surface area contributed by atoms with Gasteiger partial charge in [-0.2, -0.15) is 0 Å². The molecule has 58 heavy (non-hydrogen) atoms. The molecule has 4 amide bonds. The number of carbonyl (C=O) groups excluding carboxylic acids is 4. The number of nitrogens with zero attached hydrogens (tertiary/aromatic N) is 6. The topological polar surface area (TPSA) is 210 Å². The highest BCUT2D eigenvalue weighted by atomic mass is 16.5. The van der Waals surface area contributed by atoms with Gasteiger partial charge in [0.1, 0.15) is 23.7 Å². The molecule has 0 spiro atoms. The van der Waals surface area contributed by atoms with Gasteiger partial charge in [-0.05, 0) is 49.3 Å². The number of imidazole rings is 2. The molecular formula is C41H48N10O7. The van der Waals surface area contributed by atoms with Crippen LogP contribution in [0, 0.1) is 5.92 Å². The predicted octanol–water partition coefficient (Wildman–Crippen LogP) is 5.16. The van der Waals surface area contributed by atoms with Crippen molar-refractivity contribution in [2.45, 2.75) is 63.7 Å². The van der Waals surface area contributed by atoms with E-state index < -0.39 is 24.3 Å². The van der Waals surface area contributed by atoms with Gasteiger partial charge < -0.3 is 44.6 Å². The van der Waals surface area contributed by atoms with Gasteiger partial charge in [0.25, 0.3) is 0 Å². The normalized spacial score (nSPS) is 17.7. The van der Waals surface area contributed by atoms with E-state index in [1.165, 1.54) is 21.3 Å². The molecule has 2 fully saturated rings. The highest BCUT2D eigenvalue weighted by Gasteiger charge is 2.38. The number of rotatable bonds is 12. The first kappa shape index (κ1) is 39.9. The van der Waals surface area contributed by atoms with Crippen LogP contribution in [0.2, 0.25) is 0 Å². The first-order chi connectivity index (χ1) is 28.1. The van der Waals surface area contributed by atoms with Crippen LogP contribution in [0.3, 0.4) is 0 Å². The van der Waals surface area contributed by atoms with Crippen molar-refractivity contribution in [2.75, 3.05) is 41.0 Å². The van der Waals surface area contributed by atoms with Crippen LogP contribution in [0.1, 0.15) is 63.3 Å². The van der Waals surface area contributed by atoms with Gasteiger partial charge in [-0.15, -0.1) is 0 Å². The largest absolute Gasteiger partial charge is 0.453 e. The molecular weight excluding hydrogens is 745 g/mol. The van der Waals surface area contributed by atoms with Crippen molar-refractivity contribution in [3.63, 3.8) is 0 Å². The van der Waals surface area contributed by atoms with Crippen molar-refractivity contribution >= 4 is 35.0 Å². The Morgan fingerprint density at radius 2 is 1.34 bits per heavy atom. The Hall–Kier alpha value is -6.36. The number of aromatic amines is 2. The molecule has 17 heteroatoms. The second-order valence-corrected chi connectivity index (χ2v) is 14.8. The first-order valence-corrected chi connectivity index (χ1v) is 19.3. The molecule has 0 saturated carbocycles. The van der Waals surface area contributed by atoms with E-state index in [0.717, 1.165) is 59.1 Å². The van der Waals surface area contributed by atoms with Crippen LogP contribution in [0.15, 0.2) is 61.1 Å². The number of ether oxygens (including phenoxy) is 3. The SMILES string of the molecule is COCC(NC(=O)OC)C(=O)N1CCCC1c1ncc(-c2ccc(-c3cnc(-c4ccc5nc(C6CCCN6C(=O)C(NC(=O)OC)C(C)C)[nH]c5c4)cn3)cc2)[nH]1. The summed E-state index contributed by atoms with van der Waals surface area (Å²) in [6.07, 6.45) is 7.04. The predicted molar refractivity (Wildman–Crippen MR) is 213 cm³/mol. The molecule has 0 radical (unpaired) electrons. The molecule has 2 aliphatic heterocycles. The monoisotopic (exact) mass is 792 g/mol. The number of carbonyl (C=O) groups is 4. The average molecular weight is 793 g/mol. The summed E-state index contributed by atoms with van der Waals surface area (Å²) in [7, 11) is 4.01. The lowest BCUT2D eigenvalue weighted by molar-refractivity contribution is -0.136. The fourth-order valence-corrected chi connectivity index (χ4v) is 7.70. The zero-order valence-electron chi connectivity index (χ0n) is 33.2. The molecule has 3 aromatic heterocycles. The molecule has 304 valence electrons. The standard InChI is InChI=1S/C41H48N10O7/c1-23(2)35(49-41(55)58-5)39(53)51-17-7-9-34(51)37-45-27-15-14-26(18-28(27)46-37)30-20-42-29(19-43-30)24-10-12-25(13-11-24)31-21-44-36(47-31)33-8-6-16-50(33)38(52)32(22-56-3)48-40(54)57-4/h10-15,18-21,23,32-35H,6-9,16-17,22H2,1-5H3,(H,44,47)(H,45,46)(H,48,54)(H,49,55). The molecule has 4 unspecified atom stereocenters. The smallest absolute Gasteiger partial charge is 0.407 e.